The van der Waals surface area contributed by atoms with Gasteiger partial charge in [0.2, 0.25) is 0 Å². The van der Waals surface area contributed by atoms with Gasteiger partial charge < -0.3 is 0 Å². The standard InChI is InChI=1S/C15H15N3S/c1-2-11(12-7-16-8-17-13(12)3-1)10-4-5-15-14(6-10)18-9-19-15/h7-9H,1-6H2/b11-10+. The molecule has 2 aromatic rings. The summed E-state index contributed by atoms with van der Waals surface area (Å²) in [6.07, 6.45) is 10.5. The number of allylic oxidation sites excluding steroid dienone is 2. The smallest absolute Gasteiger partial charge is 0.115 e. The summed E-state index contributed by atoms with van der Waals surface area (Å²) < 4.78 is 0. The number of nitrogens with zero attached hydrogens (tertiary/aromatic N) is 3. The summed E-state index contributed by atoms with van der Waals surface area (Å²) in [6.45, 7) is 0. The Labute approximate surface area is 116 Å². The largest absolute Gasteiger partial charge is 0.249 e. The molecule has 96 valence electrons. The third kappa shape index (κ3) is 1.91. The molecule has 0 bridgehead atoms. The number of aryl methyl sites for hydroxylation is 2. The van der Waals surface area contributed by atoms with Crippen molar-refractivity contribution in [3.63, 3.8) is 0 Å². The van der Waals surface area contributed by atoms with Crippen LogP contribution in [0.25, 0.3) is 5.57 Å². The minimum absolute atomic E-state index is 1.03. The van der Waals surface area contributed by atoms with Crippen LogP contribution in [0, 0.1) is 0 Å². The van der Waals surface area contributed by atoms with Gasteiger partial charge in [-0.25, -0.2) is 15.0 Å². The molecule has 0 N–H and O–H groups in total. The van der Waals surface area contributed by atoms with E-state index in [4.69, 9.17) is 0 Å². The Morgan fingerprint density at radius 1 is 1.00 bits per heavy atom. The molecule has 4 heteroatoms. The lowest BCUT2D eigenvalue weighted by Crippen LogP contribution is -2.11. The fourth-order valence-corrected chi connectivity index (χ4v) is 3.98. The number of hydrogen-bond acceptors (Lipinski definition) is 4. The van der Waals surface area contributed by atoms with Crippen molar-refractivity contribution in [1.82, 2.24) is 15.0 Å². The molecule has 0 aliphatic heterocycles. The van der Waals surface area contributed by atoms with E-state index < -0.39 is 0 Å². The monoisotopic (exact) mass is 269 g/mol. The lowest BCUT2D eigenvalue weighted by molar-refractivity contribution is 0.762. The van der Waals surface area contributed by atoms with Crippen molar-refractivity contribution in [1.29, 1.82) is 0 Å². The highest BCUT2D eigenvalue weighted by molar-refractivity contribution is 7.09. The van der Waals surface area contributed by atoms with E-state index in [1.807, 2.05) is 11.7 Å². The summed E-state index contributed by atoms with van der Waals surface area (Å²) in [7, 11) is 0. The molecular weight excluding hydrogens is 254 g/mol. The fraction of sp³-hybridized carbons (Fsp3) is 0.400. The molecule has 0 saturated carbocycles. The van der Waals surface area contributed by atoms with E-state index in [0.29, 0.717) is 0 Å². The van der Waals surface area contributed by atoms with Gasteiger partial charge in [0.1, 0.15) is 6.33 Å². The van der Waals surface area contributed by atoms with Gasteiger partial charge in [0.25, 0.3) is 0 Å². The lowest BCUT2D eigenvalue weighted by atomic mass is 9.83. The van der Waals surface area contributed by atoms with Crippen LogP contribution in [-0.4, -0.2) is 15.0 Å². The summed E-state index contributed by atoms with van der Waals surface area (Å²) in [5.74, 6) is 0. The van der Waals surface area contributed by atoms with E-state index in [2.05, 4.69) is 15.0 Å². The number of aromatic nitrogens is 3. The highest BCUT2D eigenvalue weighted by atomic mass is 32.1. The van der Waals surface area contributed by atoms with E-state index in [1.54, 1.807) is 23.2 Å². The number of hydrogen-bond donors (Lipinski definition) is 0. The molecule has 2 aliphatic carbocycles. The summed E-state index contributed by atoms with van der Waals surface area (Å²) in [5, 5.41) is 0. The second-order valence-corrected chi connectivity index (χ2v) is 6.16. The Morgan fingerprint density at radius 3 is 3.00 bits per heavy atom. The maximum Gasteiger partial charge on any atom is 0.115 e. The number of rotatable bonds is 0. The number of fused-ring (bicyclic) bond motifs is 2. The van der Waals surface area contributed by atoms with Crippen molar-refractivity contribution in [2.24, 2.45) is 0 Å². The zero-order valence-electron chi connectivity index (χ0n) is 10.7. The molecule has 0 amide bonds. The predicted octanol–water partition coefficient (Wildman–Crippen LogP) is 3.21. The molecule has 2 aliphatic rings. The van der Waals surface area contributed by atoms with Crippen LogP contribution in [0.2, 0.25) is 0 Å². The summed E-state index contributed by atoms with van der Waals surface area (Å²) in [5.41, 5.74) is 8.86. The van der Waals surface area contributed by atoms with E-state index in [-0.39, 0.29) is 0 Å². The average molecular weight is 269 g/mol. The minimum Gasteiger partial charge on any atom is -0.249 e. The molecule has 0 saturated heterocycles. The Bertz CT molecular complexity index is 657. The molecular formula is C15H15N3S. The Morgan fingerprint density at radius 2 is 2.00 bits per heavy atom. The predicted molar refractivity (Wildman–Crippen MR) is 76.0 cm³/mol. The lowest BCUT2D eigenvalue weighted by Gasteiger charge is -2.23. The van der Waals surface area contributed by atoms with Gasteiger partial charge in [-0.05, 0) is 37.7 Å². The zero-order valence-corrected chi connectivity index (χ0v) is 11.5. The molecule has 0 spiro atoms. The third-order valence-corrected chi connectivity index (χ3v) is 5.08. The summed E-state index contributed by atoms with van der Waals surface area (Å²) in [4.78, 5) is 14.6. The van der Waals surface area contributed by atoms with E-state index in [0.717, 1.165) is 19.3 Å². The van der Waals surface area contributed by atoms with Gasteiger partial charge in [0.15, 0.2) is 0 Å². The first kappa shape index (κ1) is 11.3. The highest BCUT2D eigenvalue weighted by Gasteiger charge is 2.23. The van der Waals surface area contributed by atoms with Crippen molar-refractivity contribution >= 4 is 16.9 Å². The van der Waals surface area contributed by atoms with Crippen molar-refractivity contribution < 1.29 is 0 Å². The van der Waals surface area contributed by atoms with Gasteiger partial charge in [-0.15, -0.1) is 11.3 Å². The van der Waals surface area contributed by atoms with Crippen LogP contribution in [-0.2, 0) is 19.3 Å². The van der Waals surface area contributed by atoms with E-state index >= 15 is 0 Å². The summed E-state index contributed by atoms with van der Waals surface area (Å²) in [6, 6.07) is 0. The van der Waals surface area contributed by atoms with Gasteiger partial charge in [0.05, 0.1) is 16.9 Å². The maximum atomic E-state index is 4.51. The first-order chi connectivity index (χ1) is 9.42. The van der Waals surface area contributed by atoms with E-state index in [1.165, 1.54) is 46.7 Å². The second-order valence-electron chi connectivity index (χ2n) is 5.22. The highest BCUT2D eigenvalue weighted by Crippen LogP contribution is 2.37. The van der Waals surface area contributed by atoms with Crippen molar-refractivity contribution in [2.75, 3.05) is 0 Å². The third-order valence-electron chi connectivity index (χ3n) is 4.15. The Balaban J connectivity index is 1.79. The van der Waals surface area contributed by atoms with Crippen LogP contribution >= 0.6 is 11.3 Å². The van der Waals surface area contributed by atoms with Crippen molar-refractivity contribution in [2.45, 2.75) is 38.5 Å². The first-order valence-electron chi connectivity index (χ1n) is 6.83. The molecule has 0 fully saturated rings. The quantitative estimate of drug-likeness (QED) is 0.737. The second kappa shape index (κ2) is 4.53. The molecule has 0 atom stereocenters. The van der Waals surface area contributed by atoms with Crippen LogP contribution in [0.4, 0.5) is 0 Å². The van der Waals surface area contributed by atoms with E-state index in [9.17, 15) is 0 Å². The van der Waals surface area contributed by atoms with Gasteiger partial charge in [-0.1, -0.05) is 5.57 Å². The van der Waals surface area contributed by atoms with Gasteiger partial charge in [0, 0.05) is 23.1 Å². The van der Waals surface area contributed by atoms with Gasteiger partial charge in [-0.2, -0.15) is 0 Å². The average Bonchev–Trinajstić information content (AvgIpc) is 2.94. The topological polar surface area (TPSA) is 38.7 Å². The van der Waals surface area contributed by atoms with Crippen LogP contribution in [0.5, 0.6) is 0 Å². The molecule has 0 aromatic carbocycles. The molecule has 19 heavy (non-hydrogen) atoms. The van der Waals surface area contributed by atoms with Crippen LogP contribution < -0.4 is 0 Å². The molecule has 2 heterocycles. The van der Waals surface area contributed by atoms with Crippen LogP contribution in [0.3, 0.4) is 0 Å². The van der Waals surface area contributed by atoms with Crippen LogP contribution in [0.1, 0.15) is 41.1 Å². The molecule has 0 radical (unpaired) electrons. The van der Waals surface area contributed by atoms with Gasteiger partial charge >= 0.3 is 0 Å². The molecule has 4 rings (SSSR count). The number of thiazole rings is 1. The summed E-state index contributed by atoms with van der Waals surface area (Å²) >= 11 is 1.80. The zero-order chi connectivity index (χ0) is 12.7. The Kier molecular flexibility index (Phi) is 2.69. The van der Waals surface area contributed by atoms with Crippen LogP contribution in [0.15, 0.2) is 23.6 Å². The SMILES string of the molecule is c1ncc2c(n1)CCC/C2=C1/CCc2scnc2C1. The molecule has 2 aromatic heterocycles. The minimum atomic E-state index is 1.03. The first-order valence-corrected chi connectivity index (χ1v) is 7.71. The Hall–Kier alpha value is -1.55. The molecule has 3 nitrogen and oxygen atoms in total. The fourth-order valence-electron chi connectivity index (χ4n) is 3.19. The maximum absolute atomic E-state index is 4.51. The van der Waals surface area contributed by atoms with Crippen molar-refractivity contribution in [3.8, 4) is 0 Å². The molecule has 0 unspecified atom stereocenters. The normalized spacial score (nSPS) is 21.9. The van der Waals surface area contributed by atoms with Gasteiger partial charge in [-0.3, -0.25) is 0 Å². The van der Waals surface area contributed by atoms with Crippen molar-refractivity contribution in [3.05, 3.63) is 45.4 Å².